The van der Waals surface area contributed by atoms with Gasteiger partial charge in [0.1, 0.15) is 12.4 Å². The van der Waals surface area contributed by atoms with Crippen LogP contribution in [0.4, 0.5) is 5.82 Å². The third kappa shape index (κ3) is 1.90. The molecule has 0 spiro atoms. The second-order valence-electron chi connectivity index (χ2n) is 3.01. The van der Waals surface area contributed by atoms with E-state index < -0.39 is 0 Å². The summed E-state index contributed by atoms with van der Waals surface area (Å²) in [6.45, 7) is 2.40. The molecule has 2 aromatic heterocycles. The molecule has 2 rings (SSSR count). The molecule has 78 valence electrons. The van der Waals surface area contributed by atoms with Gasteiger partial charge in [-0.1, -0.05) is 12.2 Å². The van der Waals surface area contributed by atoms with Crippen molar-refractivity contribution in [2.45, 2.75) is 6.92 Å². The number of anilines is 1. The van der Waals surface area contributed by atoms with Crippen LogP contribution in [0.1, 0.15) is 6.92 Å². The minimum absolute atomic E-state index is 0.413. The van der Waals surface area contributed by atoms with E-state index in [0.717, 1.165) is 0 Å². The zero-order valence-corrected chi connectivity index (χ0v) is 8.42. The van der Waals surface area contributed by atoms with Gasteiger partial charge in [-0.05, 0) is 6.92 Å². The SMILES string of the molecule is C/C=C/COc1nc(N)cn2ccnc12. The first-order valence-electron chi connectivity index (χ1n) is 4.64. The fourth-order valence-electron chi connectivity index (χ4n) is 1.24. The first-order valence-corrected chi connectivity index (χ1v) is 4.64. The van der Waals surface area contributed by atoms with Crippen LogP contribution in [0.15, 0.2) is 30.7 Å². The number of ether oxygens (including phenoxy) is 1. The van der Waals surface area contributed by atoms with Crippen molar-refractivity contribution in [1.29, 1.82) is 0 Å². The van der Waals surface area contributed by atoms with Gasteiger partial charge < -0.3 is 10.5 Å². The summed E-state index contributed by atoms with van der Waals surface area (Å²) < 4.78 is 7.22. The molecule has 0 radical (unpaired) electrons. The van der Waals surface area contributed by atoms with Gasteiger partial charge in [0.15, 0.2) is 0 Å². The highest BCUT2D eigenvalue weighted by Crippen LogP contribution is 2.16. The zero-order chi connectivity index (χ0) is 10.7. The molecule has 0 aliphatic carbocycles. The largest absolute Gasteiger partial charge is 0.471 e. The molecule has 0 fully saturated rings. The number of imidazole rings is 1. The van der Waals surface area contributed by atoms with Crippen LogP contribution in [0.5, 0.6) is 5.88 Å². The topological polar surface area (TPSA) is 65.4 Å². The molecule has 15 heavy (non-hydrogen) atoms. The number of hydrogen-bond acceptors (Lipinski definition) is 4. The van der Waals surface area contributed by atoms with Crippen molar-refractivity contribution in [3.63, 3.8) is 0 Å². The molecule has 0 saturated carbocycles. The van der Waals surface area contributed by atoms with Gasteiger partial charge >= 0.3 is 0 Å². The van der Waals surface area contributed by atoms with Crippen LogP contribution in [0, 0.1) is 0 Å². The van der Waals surface area contributed by atoms with E-state index in [0.29, 0.717) is 24.0 Å². The predicted octanol–water partition coefficient (Wildman–Crippen LogP) is 1.27. The fourth-order valence-corrected chi connectivity index (χ4v) is 1.24. The number of fused-ring (bicyclic) bond motifs is 1. The number of allylic oxidation sites excluding steroid dienone is 1. The second-order valence-corrected chi connectivity index (χ2v) is 3.01. The smallest absolute Gasteiger partial charge is 0.260 e. The van der Waals surface area contributed by atoms with Gasteiger partial charge in [0.05, 0.1) is 6.20 Å². The van der Waals surface area contributed by atoms with Crippen molar-refractivity contribution in [2.24, 2.45) is 0 Å². The van der Waals surface area contributed by atoms with Crippen LogP contribution in [-0.2, 0) is 0 Å². The second kappa shape index (κ2) is 4.00. The lowest BCUT2D eigenvalue weighted by atomic mass is 10.5. The molecule has 0 atom stereocenters. The van der Waals surface area contributed by atoms with Gasteiger partial charge in [-0.15, -0.1) is 0 Å². The molecule has 0 amide bonds. The summed E-state index contributed by atoms with van der Waals surface area (Å²) in [5.41, 5.74) is 6.31. The van der Waals surface area contributed by atoms with E-state index in [1.54, 1.807) is 23.0 Å². The van der Waals surface area contributed by atoms with Crippen molar-refractivity contribution >= 4 is 11.5 Å². The van der Waals surface area contributed by atoms with Gasteiger partial charge in [-0.2, -0.15) is 4.98 Å². The number of nitrogens with two attached hydrogens (primary N) is 1. The first-order chi connectivity index (χ1) is 7.31. The Morgan fingerprint density at radius 3 is 3.27 bits per heavy atom. The van der Waals surface area contributed by atoms with E-state index in [2.05, 4.69) is 9.97 Å². The average Bonchev–Trinajstić information content (AvgIpc) is 2.65. The maximum Gasteiger partial charge on any atom is 0.260 e. The van der Waals surface area contributed by atoms with Crippen LogP contribution < -0.4 is 10.5 Å². The van der Waals surface area contributed by atoms with Gasteiger partial charge in [-0.25, -0.2) is 4.98 Å². The summed E-state index contributed by atoms with van der Waals surface area (Å²) in [7, 11) is 0. The molecule has 0 aliphatic heterocycles. The molecular formula is C10H12N4O. The first kappa shape index (κ1) is 9.51. The van der Waals surface area contributed by atoms with E-state index in [4.69, 9.17) is 10.5 Å². The molecule has 2 aromatic rings. The quantitative estimate of drug-likeness (QED) is 0.764. The van der Waals surface area contributed by atoms with Gasteiger partial charge in [0.2, 0.25) is 5.65 Å². The molecule has 0 aliphatic rings. The maximum atomic E-state index is 5.63. The third-order valence-electron chi connectivity index (χ3n) is 1.91. The maximum absolute atomic E-state index is 5.63. The van der Waals surface area contributed by atoms with Crippen molar-refractivity contribution in [3.05, 3.63) is 30.7 Å². The predicted molar refractivity (Wildman–Crippen MR) is 57.7 cm³/mol. The number of rotatable bonds is 3. The highest BCUT2D eigenvalue weighted by molar-refractivity contribution is 5.52. The lowest BCUT2D eigenvalue weighted by Crippen LogP contribution is -2.02. The lowest BCUT2D eigenvalue weighted by Gasteiger charge is -2.04. The van der Waals surface area contributed by atoms with Crippen LogP contribution >= 0.6 is 0 Å². The number of aromatic nitrogens is 3. The van der Waals surface area contributed by atoms with Crippen LogP contribution in [-0.4, -0.2) is 21.0 Å². The van der Waals surface area contributed by atoms with Crippen molar-refractivity contribution in [1.82, 2.24) is 14.4 Å². The summed E-state index contributed by atoms with van der Waals surface area (Å²) in [6, 6.07) is 0. The van der Waals surface area contributed by atoms with Crippen LogP contribution in [0.2, 0.25) is 0 Å². The van der Waals surface area contributed by atoms with Crippen molar-refractivity contribution in [2.75, 3.05) is 12.3 Å². The molecule has 2 heterocycles. The molecule has 0 saturated heterocycles. The summed E-state index contributed by atoms with van der Waals surface area (Å²) in [5, 5.41) is 0. The minimum Gasteiger partial charge on any atom is -0.471 e. The lowest BCUT2D eigenvalue weighted by molar-refractivity contribution is 0.351. The number of nitrogens with zero attached hydrogens (tertiary/aromatic N) is 3. The normalized spacial score (nSPS) is 11.3. The van der Waals surface area contributed by atoms with E-state index in [-0.39, 0.29) is 0 Å². The Hall–Kier alpha value is -2.04. The highest BCUT2D eigenvalue weighted by Gasteiger charge is 2.06. The van der Waals surface area contributed by atoms with Crippen LogP contribution in [0.25, 0.3) is 5.65 Å². The Morgan fingerprint density at radius 2 is 2.47 bits per heavy atom. The summed E-state index contributed by atoms with van der Waals surface area (Å²) >= 11 is 0. The van der Waals surface area contributed by atoms with Gasteiger partial charge in [0, 0.05) is 12.4 Å². The Morgan fingerprint density at radius 1 is 1.60 bits per heavy atom. The Labute approximate surface area is 87.2 Å². The molecule has 2 N–H and O–H groups in total. The summed E-state index contributed by atoms with van der Waals surface area (Å²) in [5.74, 6) is 0.870. The van der Waals surface area contributed by atoms with Crippen LogP contribution in [0.3, 0.4) is 0 Å². The average molecular weight is 204 g/mol. The monoisotopic (exact) mass is 204 g/mol. The Bertz CT molecular complexity index is 489. The highest BCUT2D eigenvalue weighted by atomic mass is 16.5. The molecule has 0 bridgehead atoms. The van der Waals surface area contributed by atoms with E-state index >= 15 is 0 Å². The molecule has 0 unspecified atom stereocenters. The number of hydrogen-bond donors (Lipinski definition) is 1. The molecule has 5 nitrogen and oxygen atoms in total. The Kier molecular flexibility index (Phi) is 2.53. The fraction of sp³-hybridized carbons (Fsp3) is 0.200. The number of nitrogen functional groups attached to an aromatic ring is 1. The van der Waals surface area contributed by atoms with E-state index in [9.17, 15) is 0 Å². The van der Waals surface area contributed by atoms with Gasteiger partial charge in [0.25, 0.3) is 5.88 Å². The molecule has 0 aromatic carbocycles. The van der Waals surface area contributed by atoms with Crippen molar-refractivity contribution in [3.8, 4) is 5.88 Å². The standard InChI is InChI=1S/C10H12N4O/c1-2-3-6-15-10-9-12-4-5-14(9)7-8(11)13-10/h2-5,7H,6,11H2,1H3/b3-2+. The zero-order valence-electron chi connectivity index (χ0n) is 8.42. The summed E-state index contributed by atoms with van der Waals surface area (Å²) in [6.07, 6.45) is 8.99. The molecule has 5 heteroatoms. The minimum atomic E-state index is 0.413. The van der Waals surface area contributed by atoms with E-state index in [1.165, 1.54) is 0 Å². The van der Waals surface area contributed by atoms with E-state index in [1.807, 2.05) is 19.1 Å². The van der Waals surface area contributed by atoms with Gasteiger partial charge in [-0.3, -0.25) is 4.40 Å². The summed E-state index contributed by atoms with van der Waals surface area (Å²) in [4.78, 5) is 8.22. The molecular weight excluding hydrogens is 192 g/mol. The Balaban J connectivity index is 2.35. The third-order valence-corrected chi connectivity index (χ3v) is 1.91. The van der Waals surface area contributed by atoms with Crippen molar-refractivity contribution < 1.29 is 4.74 Å².